The van der Waals surface area contributed by atoms with Gasteiger partial charge in [-0.15, -0.1) is 0 Å². The lowest BCUT2D eigenvalue weighted by Crippen LogP contribution is -2.45. The highest BCUT2D eigenvalue weighted by molar-refractivity contribution is 6.10. The summed E-state index contributed by atoms with van der Waals surface area (Å²) in [6.07, 6.45) is -1.37. The lowest BCUT2D eigenvalue weighted by molar-refractivity contribution is -0.655. The van der Waals surface area contributed by atoms with E-state index in [-0.39, 0.29) is 0 Å². The molecule has 1 aromatic heterocycles. The van der Waals surface area contributed by atoms with Crippen LogP contribution in [0.15, 0.2) is 66.7 Å². The number of carbonyl (C=O) groups excluding carboxylic acids is 2. The maximum absolute atomic E-state index is 12.8. The Labute approximate surface area is 226 Å². The predicted octanol–water partition coefficient (Wildman–Crippen LogP) is 4.86. The minimum Gasteiger partial charge on any atom is -0.480 e. The van der Waals surface area contributed by atoms with Crippen molar-refractivity contribution in [2.75, 3.05) is 11.1 Å². The standard InChI is InChI=1S/C30H32N4O5/c1-5-34-25-16-20(32-26(35)17-24(28(36)37)33-29(38)39-30(2,3)4)12-14-22(25)21-13-11-19(31)15-23(21)27(34)18-9-7-6-8-10-18/h6-16,24H,5,17,31H2,1-4H3,(H2,33,36,37,38)/p+1/t24-/m0/s1. The van der Waals surface area contributed by atoms with Gasteiger partial charge in [-0.25, -0.2) is 9.59 Å². The van der Waals surface area contributed by atoms with Crippen LogP contribution in [0.3, 0.4) is 0 Å². The van der Waals surface area contributed by atoms with Gasteiger partial charge in [0.25, 0.3) is 0 Å². The topological polar surface area (TPSA) is 135 Å². The minimum absolute atomic E-state index is 0.466. The summed E-state index contributed by atoms with van der Waals surface area (Å²) in [7, 11) is 0. The summed E-state index contributed by atoms with van der Waals surface area (Å²) >= 11 is 0. The molecule has 9 heteroatoms. The molecule has 0 aliphatic heterocycles. The normalized spacial score (nSPS) is 12.2. The largest absolute Gasteiger partial charge is 0.480 e. The van der Waals surface area contributed by atoms with Gasteiger partial charge in [0.15, 0.2) is 0 Å². The first kappa shape index (κ1) is 27.4. The molecule has 4 aromatic rings. The molecule has 3 aromatic carbocycles. The van der Waals surface area contributed by atoms with E-state index >= 15 is 0 Å². The van der Waals surface area contributed by atoms with Crippen LogP contribution in [0.2, 0.25) is 0 Å². The second kappa shape index (κ2) is 11.0. The lowest BCUT2D eigenvalue weighted by Gasteiger charge is -2.21. The Bertz CT molecular complexity index is 1560. The first-order chi connectivity index (χ1) is 18.5. The van der Waals surface area contributed by atoms with Crippen LogP contribution in [0.25, 0.3) is 32.9 Å². The Hall–Kier alpha value is -4.66. The van der Waals surface area contributed by atoms with Gasteiger partial charge in [-0.05, 0) is 64.1 Å². The quantitative estimate of drug-likeness (QED) is 0.153. The van der Waals surface area contributed by atoms with Crippen molar-refractivity contribution in [2.24, 2.45) is 0 Å². The molecule has 202 valence electrons. The average molecular weight is 530 g/mol. The number of hydrogen-bond acceptors (Lipinski definition) is 5. The van der Waals surface area contributed by atoms with E-state index in [1.165, 1.54) is 0 Å². The third kappa shape index (κ3) is 6.26. The summed E-state index contributed by atoms with van der Waals surface area (Å²) in [5, 5.41) is 17.6. The summed E-state index contributed by atoms with van der Waals surface area (Å²) in [6, 6.07) is 20.0. The van der Waals surface area contributed by atoms with Crippen LogP contribution in [0, 0.1) is 0 Å². The molecule has 0 radical (unpaired) electrons. The number of fused-ring (bicyclic) bond motifs is 3. The van der Waals surface area contributed by atoms with Crippen LogP contribution in [0.1, 0.15) is 34.1 Å². The van der Waals surface area contributed by atoms with Gasteiger partial charge in [0.05, 0.1) is 17.2 Å². The Morgan fingerprint density at radius 2 is 1.67 bits per heavy atom. The summed E-state index contributed by atoms with van der Waals surface area (Å²) in [4.78, 5) is 36.6. The molecular weight excluding hydrogens is 496 g/mol. The van der Waals surface area contributed by atoms with Gasteiger partial charge in [-0.2, -0.15) is 4.57 Å². The van der Waals surface area contributed by atoms with Crippen LogP contribution >= 0.6 is 0 Å². The third-order valence-electron chi connectivity index (χ3n) is 6.17. The summed E-state index contributed by atoms with van der Waals surface area (Å²) < 4.78 is 7.30. The molecule has 1 atom stereocenters. The Morgan fingerprint density at radius 3 is 2.31 bits per heavy atom. The Kier molecular flexibility index (Phi) is 7.71. The van der Waals surface area contributed by atoms with E-state index in [0.717, 1.165) is 32.9 Å². The number of carboxylic acid groups (broad SMARTS) is 1. The van der Waals surface area contributed by atoms with Crippen LogP contribution in [-0.2, 0) is 20.9 Å². The fourth-order valence-corrected chi connectivity index (χ4v) is 4.60. The zero-order chi connectivity index (χ0) is 28.3. The number of rotatable bonds is 7. The van der Waals surface area contributed by atoms with Gasteiger partial charge in [-0.3, -0.25) is 4.79 Å². The van der Waals surface area contributed by atoms with E-state index in [1.807, 2.05) is 60.7 Å². The number of aryl methyl sites for hydroxylation is 1. The van der Waals surface area contributed by atoms with Crippen molar-refractivity contribution < 1.29 is 28.8 Å². The Balaban J connectivity index is 1.70. The number of nitrogens with two attached hydrogens (primary N) is 1. The van der Waals surface area contributed by atoms with E-state index in [0.29, 0.717) is 17.9 Å². The number of ether oxygens (including phenoxy) is 1. The molecule has 0 unspecified atom stereocenters. The molecule has 5 N–H and O–H groups in total. The number of nitrogens with one attached hydrogen (secondary N) is 2. The van der Waals surface area contributed by atoms with Crippen LogP contribution in [-0.4, -0.2) is 34.7 Å². The van der Waals surface area contributed by atoms with Gasteiger partial charge in [0, 0.05) is 28.4 Å². The molecule has 0 fully saturated rings. The number of benzene rings is 3. The number of carboxylic acids is 1. The van der Waals surface area contributed by atoms with E-state index in [9.17, 15) is 19.5 Å². The number of carbonyl (C=O) groups is 3. The van der Waals surface area contributed by atoms with Gasteiger partial charge in [0.2, 0.25) is 17.1 Å². The van der Waals surface area contributed by atoms with Crippen molar-refractivity contribution >= 4 is 51.0 Å². The van der Waals surface area contributed by atoms with Gasteiger partial charge >= 0.3 is 12.1 Å². The number of aliphatic carboxylic acids is 1. The molecular formula is C30H33N4O5+. The summed E-state index contributed by atoms with van der Waals surface area (Å²) in [5.74, 6) is -1.89. The van der Waals surface area contributed by atoms with E-state index in [2.05, 4.69) is 22.1 Å². The van der Waals surface area contributed by atoms with Crippen molar-refractivity contribution in [1.82, 2.24) is 5.32 Å². The summed E-state index contributed by atoms with van der Waals surface area (Å²) in [5.41, 5.74) is 9.47. The SMILES string of the molecule is CC[n+]1c(-c2ccccc2)c2cc(N)ccc2c2ccc(NC(=O)C[C@H](NC(=O)OC(C)(C)C)C(=O)O)cc21. The molecule has 0 aliphatic carbocycles. The zero-order valence-corrected chi connectivity index (χ0v) is 22.4. The molecule has 2 amide bonds. The molecule has 1 heterocycles. The van der Waals surface area contributed by atoms with Crippen LogP contribution in [0.5, 0.6) is 0 Å². The fraction of sp³-hybridized carbons (Fsp3) is 0.267. The molecule has 0 saturated carbocycles. The second-order valence-corrected chi connectivity index (χ2v) is 10.3. The zero-order valence-electron chi connectivity index (χ0n) is 22.4. The van der Waals surface area contributed by atoms with Crippen molar-refractivity contribution in [3.8, 4) is 11.3 Å². The van der Waals surface area contributed by atoms with Crippen LogP contribution < -0.4 is 20.9 Å². The van der Waals surface area contributed by atoms with Gasteiger partial charge < -0.3 is 26.2 Å². The number of alkyl carbamates (subject to hydrolysis) is 1. The highest BCUT2D eigenvalue weighted by atomic mass is 16.6. The minimum atomic E-state index is -1.44. The van der Waals surface area contributed by atoms with Crippen molar-refractivity contribution in [1.29, 1.82) is 0 Å². The molecule has 0 spiro atoms. The molecule has 9 nitrogen and oxygen atoms in total. The number of aromatic nitrogens is 1. The maximum atomic E-state index is 12.8. The molecule has 0 aliphatic rings. The highest BCUT2D eigenvalue weighted by Gasteiger charge is 2.27. The summed E-state index contributed by atoms with van der Waals surface area (Å²) in [6.45, 7) is 7.70. The number of amides is 2. The molecule has 39 heavy (non-hydrogen) atoms. The second-order valence-electron chi connectivity index (χ2n) is 10.3. The highest BCUT2D eigenvalue weighted by Crippen LogP contribution is 2.33. The Morgan fingerprint density at radius 1 is 0.974 bits per heavy atom. The van der Waals surface area contributed by atoms with E-state index in [4.69, 9.17) is 10.5 Å². The number of nitrogens with zero attached hydrogens (tertiary/aromatic N) is 1. The number of hydrogen-bond donors (Lipinski definition) is 4. The molecule has 0 saturated heterocycles. The first-order valence-electron chi connectivity index (χ1n) is 12.7. The number of pyridine rings is 1. The molecule has 0 bridgehead atoms. The van der Waals surface area contributed by atoms with Gasteiger partial charge in [0.1, 0.15) is 18.2 Å². The third-order valence-corrected chi connectivity index (χ3v) is 6.17. The van der Waals surface area contributed by atoms with E-state index < -0.39 is 36.0 Å². The number of anilines is 2. The average Bonchev–Trinajstić information content (AvgIpc) is 2.86. The monoisotopic (exact) mass is 529 g/mol. The van der Waals surface area contributed by atoms with Crippen molar-refractivity contribution in [3.63, 3.8) is 0 Å². The maximum Gasteiger partial charge on any atom is 0.408 e. The molecule has 4 rings (SSSR count). The van der Waals surface area contributed by atoms with Crippen molar-refractivity contribution in [2.45, 2.75) is 52.3 Å². The fourth-order valence-electron chi connectivity index (χ4n) is 4.60. The van der Waals surface area contributed by atoms with Crippen LogP contribution in [0.4, 0.5) is 16.2 Å². The van der Waals surface area contributed by atoms with Gasteiger partial charge in [-0.1, -0.05) is 24.3 Å². The predicted molar refractivity (Wildman–Crippen MR) is 151 cm³/mol. The number of nitrogen functional groups attached to an aromatic ring is 1. The first-order valence-corrected chi connectivity index (χ1v) is 12.7. The smallest absolute Gasteiger partial charge is 0.408 e. The van der Waals surface area contributed by atoms with E-state index in [1.54, 1.807) is 26.8 Å². The van der Waals surface area contributed by atoms with Crippen molar-refractivity contribution in [3.05, 3.63) is 66.7 Å². The lowest BCUT2D eigenvalue weighted by atomic mass is 9.98.